The molecule has 14 heavy (non-hydrogen) atoms. The Morgan fingerprint density at radius 3 is 2.07 bits per heavy atom. The first-order chi connectivity index (χ1) is 6.21. The highest BCUT2D eigenvalue weighted by atomic mass is 16.5. The van der Waals surface area contributed by atoms with Gasteiger partial charge in [0.05, 0.1) is 11.7 Å². The van der Waals surface area contributed by atoms with Crippen LogP contribution in [-0.2, 0) is 4.74 Å². The Morgan fingerprint density at radius 1 is 1.29 bits per heavy atom. The summed E-state index contributed by atoms with van der Waals surface area (Å²) in [6.45, 7) is 11.0. The Balaban J connectivity index is 3.97. The lowest BCUT2D eigenvalue weighted by Crippen LogP contribution is -2.39. The summed E-state index contributed by atoms with van der Waals surface area (Å²) >= 11 is 0. The molecular formula is C11H25NO2. The third-order valence-corrected chi connectivity index (χ3v) is 2.68. The van der Waals surface area contributed by atoms with Gasteiger partial charge in [0.15, 0.2) is 0 Å². The number of hydrogen-bond donors (Lipinski definition) is 2. The van der Waals surface area contributed by atoms with Gasteiger partial charge in [-0.1, -0.05) is 6.92 Å². The van der Waals surface area contributed by atoms with Crippen molar-refractivity contribution in [2.75, 3.05) is 13.2 Å². The number of hydrogen-bond acceptors (Lipinski definition) is 3. The summed E-state index contributed by atoms with van der Waals surface area (Å²) in [5.74, 6) is 0. The number of aliphatic hydroxyl groups is 1. The molecule has 0 aromatic heterocycles. The molecule has 0 heterocycles. The van der Waals surface area contributed by atoms with E-state index in [0.717, 1.165) is 6.42 Å². The van der Waals surface area contributed by atoms with Gasteiger partial charge in [-0.05, 0) is 34.1 Å². The Labute approximate surface area is 87.6 Å². The molecule has 2 atom stereocenters. The molecular weight excluding hydrogens is 178 g/mol. The first kappa shape index (κ1) is 13.9. The van der Waals surface area contributed by atoms with Crippen LogP contribution < -0.4 is 5.73 Å². The highest BCUT2D eigenvalue weighted by Crippen LogP contribution is 2.25. The van der Waals surface area contributed by atoms with Crippen molar-refractivity contribution >= 4 is 0 Å². The zero-order valence-electron chi connectivity index (χ0n) is 10.1. The Hall–Kier alpha value is -0.120. The highest BCUT2D eigenvalue weighted by Gasteiger charge is 2.28. The van der Waals surface area contributed by atoms with Gasteiger partial charge in [0.25, 0.3) is 0 Å². The van der Waals surface area contributed by atoms with Crippen molar-refractivity contribution in [2.45, 2.75) is 52.7 Å². The maximum absolute atomic E-state index is 9.57. The monoisotopic (exact) mass is 203 g/mol. The largest absolute Gasteiger partial charge is 0.393 e. The van der Waals surface area contributed by atoms with Crippen LogP contribution in [0.1, 0.15) is 41.0 Å². The molecule has 0 saturated heterocycles. The summed E-state index contributed by atoms with van der Waals surface area (Å²) in [5, 5.41) is 9.57. The SMILES string of the molecule is CC(O)C(C)(CN)CCOC(C)(C)C. The van der Waals surface area contributed by atoms with Crippen LogP contribution in [0.2, 0.25) is 0 Å². The Morgan fingerprint density at radius 2 is 1.79 bits per heavy atom. The van der Waals surface area contributed by atoms with Crippen LogP contribution in [0.15, 0.2) is 0 Å². The Kier molecular flexibility index (Phi) is 5.06. The van der Waals surface area contributed by atoms with Crippen molar-refractivity contribution < 1.29 is 9.84 Å². The molecule has 3 heteroatoms. The second-order valence-corrected chi connectivity index (χ2v) is 5.24. The van der Waals surface area contributed by atoms with Gasteiger partial charge in [-0.15, -0.1) is 0 Å². The number of aliphatic hydroxyl groups excluding tert-OH is 1. The topological polar surface area (TPSA) is 55.5 Å². The van der Waals surface area contributed by atoms with E-state index in [0.29, 0.717) is 13.2 Å². The van der Waals surface area contributed by atoms with Crippen molar-refractivity contribution in [3.8, 4) is 0 Å². The lowest BCUT2D eigenvalue weighted by Gasteiger charge is -2.32. The third kappa shape index (κ3) is 4.94. The van der Waals surface area contributed by atoms with Gasteiger partial charge in [0.2, 0.25) is 0 Å². The summed E-state index contributed by atoms with van der Waals surface area (Å²) in [6, 6.07) is 0. The van der Waals surface area contributed by atoms with E-state index in [9.17, 15) is 5.11 Å². The van der Waals surface area contributed by atoms with Crippen molar-refractivity contribution in [3.63, 3.8) is 0 Å². The van der Waals surface area contributed by atoms with Crippen molar-refractivity contribution in [1.82, 2.24) is 0 Å². The summed E-state index contributed by atoms with van der Waals surface area (Å²) in [6.07, 6.45) is 0.398. The van der Waals surface area contributed by atoms with Gasteiger partial charge >= 0.3 is 0 Å². The van der Waals surface area contributed by atoms with E-state index >= 15 is 0 Å². The smallest absolute Gasteiger partial charge is 0.0598 e. The molecule has 0 aliphatic rings. The molecule has 86 valence electrons. The summed E-state index contributed by atoms with van der Waals surface area (Å²) in [4.78, 5) is 0. The molecule has 0 fully saturated rings. The Bertz CT molecular complexity index is 163. The number of nitrogens with two attached hydrogens (primary N) is 1. The fourth-order valence-corrected chi connectivity index (χ4v) is 1.07. The number of rotatable bonds is 5. The van der Waals surface area contributed by atoms with Crippen LogP contribution in [0.5, 0.6) is 0 Å². The summed E-state index contributed by atoms with van der Waals surface area (Å²) in [5.41, 5.74) is 5.29. The van der Waals surface area contributed by atoms with Gasteiger partial charge in [-0.2, -0.15) is 0 Å². The van der Waals surface area contributed by atoms with Gasteiger partial charge < -0.3 is 15.6 Å². The molecule has 0 rings (SSSR count). The molecule has 0 saturated carbocycles. The van der Waals surface area contributed by atoms with Gasteiger partial charge in [0, 0.05) is 18.6 Å². The van der Waals surface area contributed by atoms with Crippen LogP contribution in [0, 0.1) is 5.41 Å². The number of ether oxygens (including phenoxy) is 1. The first-order valence-corrected chi connectivity index (χ1v) is 5.23. The fraction of sp³-hybridized carbons (Fsp3) is 1.00. The highest BCUT2D eigenvalue weighted by molar-refractivity contribution is 4.80. The molecule has 0 radical (unpaired) electrons. The van der Waals surface area contributed by atoms with Crippen LogP contribution in [-0.4, -0.2) is 30.0 Å². The normalized spacial score (nSPS) is 19.1. The fourth-order valence-electron chi connectivity index (χ4n) is 1.07. The van der Waals surface area contributed by atoms with Crippen molar-refractivity contribution in [3.05, 3.63) is 0 Å². The standard InChI is InChI=1S/C11H25NO2/c1-9(13)11(5,8-12)6-7-14-10(2,3)4/h9,13H,6-8,12H2,1-5H3. The maximum atomic E-state index is 9.57. The zero-order chi connectivity index (χ0) is 11.4. The van der Waals surface area contributed by atoms with E-state index in [-0.39, 0.29) is 11.0 Å². The van der Waals surface area contributed by atoms with Gasteiger partial charge in [0.1, 0.15) is 0 Å². The third-order valence-electron chi connectivity index (χ3n) is 2.68. The van der Waals surface area contributed by atoms with E-state index in [1.54, 1.807) is 6.92 Å². The van der Waals surface area contributed by atoms with E-state index < -0.39 is 6.10 Å². The molecule has 0 aromatic rings. The molecule has 0 aromatic carbocycles. The van der Waals surface area contributed by atoms with Crippen molar-refractivity contribution in [2.24, 2.45) is 11.1 Å². The minimum atomic E-state index is -0.393. The predicted octanol–water partition coefficient (Wildman–Crippen LogP) is 1.54. The summed E-state index contributed by atoms with van der Waals surface area (Å²) < 4.78 is 5.61. The minimum Gasteiger partial charge on any atom is -0.393 e. The van der Waals surface area contributed by atoms with Crippen LogP contribution in [0.3, 0.4) is 0 Å². The zero-order valence-corrected chi connectivity index (χ0v) is 10.1. The van der Waals surface area contributed by atoms with Crippen LogP contribution >= 0.6 is 0 Å². The molecule has 2 unspecified atom stereocenters. The first-order valence-electron chi connectivity index (χ1n) is 5.23. The van der Waals surface area contributed by atoms with E-state index in [4.69, 9.17) is 10.5 Å². The molecule has 0 amide bonds. The average Bonchev–Trinajstić information content (AvgIpc) is 2.01. The molecule has 3 N–H and O–H groups in total. The summed E-state index contributed by atoms with van der Waals surface area (Å²) in [7, 11) is 0. The quantitative estimate of drug-likeness (QED) is 0.712. The molecule has 0 aliphatic carbocycles. The average molecular weight is 203 g/mol. The molecule has 0 spiro atoms. The van der Waals surface area contributed by atoms with Gasteiger partial charge in [-0.3, -0.25) is 0 Å². The van der Waals surface area contributed by atoms with Crippen molar-refractivity contribution in [1.29, 1.82) is 0 Å². The lowest BCUT2D eigenvalue weighted by molar-refractivity contribution is -0.0354. The molecule has 3 nitrogen and oxygen atoms in total. The van der Waals surface area contributed by atoms with Crippen LogP contribution in [0.25, 0.3) is 0 Å². The second-order valence-electron chi connectivity index (χ2n) is 5.24. The minimum absolute atomic E-state index is 0.117. The maximum Gasteiger partial charge on any atom is 0.0598 e. The second kappa shape index (κ2) is 5.10. The van der Waals surface area contributed by atoms with E-state index in [1.165, 1.54) is 0 Å². The van der Waals surface area contributed by atoms with Crippen LogP contribution in [0.4, 0.5) is 0 Å². The lowest BCUT2D eigenvalue weighted by atomic mass is 9.82. The predicted molar refractivity (Wildman–Crippen MR) is 59.2 cm³/mol. The molecule has 0 aliphatic heterocycles. The molecule has 0 bridgehead atoms. The van der Waals surface area contributed by atoms with Gasteiger partial charge in [-0.25, -0.2) is 0 Å². The van der Waals surface area contributed by atoms with E-state index in [2.05, 4.69) is 0 Å². The van der Waals surface area contributed by atoms with E-state index in [1.807, 2.05) is 27.7 Å².